The molecule has 0 saturated heterocycles. The minimum Gasteiger partial charge on any atom is -0.488 e. The third-order valence-corrected chi connectivity index (χ3v) is 2.16. The van der Waals surface area contributed by atoms with Gasteiger partial charge in [-0.25, -0.2) is 0 Å². The Hall–Kier alpha value is -1.76. The lowest BCUT2D eigenvalue weighted by atomic mass is 10.1. The Labute approximate surface area is 90.3 Å². The molecule has 15 heavy (non-hydrogen) atoms. The Bertz CT molecular complexity index is 420. The first-order chi connectivity index (χ1) is 7.34. The van der Waals surface area contributed by atoms with Crippen molar-refractivity contribution in [2.45, 2.75) is 13.5 Å². The number of para-hydroxylation sites is 1. The van der Waals surface area contributed by atoms with Crippen LogP contribution in [-0.2, 0) is 6.61 Å². The number of hydrogen-bond donors (Lipinski definition) is 0. The molecule has 0 spiro atoms. The first-order valence-corrected chi connectivity index (χ1v) is 5.00. The molecule has 1 heteroatoms. The number of rotatable bonds is 3. The zero-order valence-electron chi connectivity index (χ0n) is 8.73. The SMILES string of the molecule is Cc1cccc(COc2[c]cccc2)c1. The van der Waals surface area contributed by atoms with Gasteiger partial charge in [0.05, 0.1) is 0 Å². The van der Waals surface area contributed by atoms with Gasteiger partial charge in [0.2, 0.25) is 0 Å². The van der Waals surface area contributed by atoms with Gasteiger partial charge in [-0.15, -0.1) is 0 Å². The highest BCUT2D eigenvalue weighted by Gasteiger charge is 1.95. The number of ether oxygens (including phenoxy) is 1. The van der Waals surface area contributed by atoms with Crippen molar-refractivity contribution in [1.29, 1.82) is 0 Å². The first kappa shape index (κ1) is 9.78. The number of hydrogen-bond acceptors (Lipinski definition) is 1. The predicted octanol–water partition coefficient (Wildman–Crippen LogP) is 3.37. The third-order valence-electron chi connectivity index (χ3n) is 2.16. The van der Waals surface area contributed by atoms with Gasteiger partial charge in [0.25, 0.3) is 0 Å². The van der Waals surface area contributed by atoms with E-state index >= 15 is 0 Å². The van der Waals surface area contributed by atoms with Gasteiger partial charge in [-0.2, -0.15) is 0 Å². The largest absolute Gasteiger partial charge is 0.488 e. The summed E-state index contributed by atoms with van der Waals surface area (Å²) in [6.45, 7) is 2.68. The predicted molar refractivity (Wildman–Crippen MR) is 60.8 cm³/mol. The van der Waals surface area contributed by atoms with E-state index in [4.69, 9.17) is 4.74 Å². The molecular formula is C14H13O. The van der Waals surface area contributed by atoms with Crippen molar-refractivity contribution in [3.8, 4) is 5.75 Å². The quantitative estimate of drug-likeness (QED) is 0.733. The normalized spacial score (nSPS) is 9.93. The van der Waals surface area contributed by atoms with Crippen LogP contribution in [0.15, 0.2) is 48.5 Å². The van der Waals surface area contributed by atoms with Crippen LogP contribution in [0.3, 0.4) is 0 Å². The molecule has 0 heterocycles. The van der Waals surface area contributed by atoms with E-state index in [2.05, 4.69) is 31.2 Å². The highest BCUT2D eigenvalue weighted by molar-refractivity contribution is 5.23. The summed E-state index contributed by atoms with van der Waals surface area (Å²) in [5, 5.41) is 0. The van der Waals surface area contributed by atoms with Gasteiger partial charge in [-0.05, 0) is 18.6 Å². The van der Waals surface area contributed by atoms with E-state index < -0.39 is 0 Å². The molecule has 2 aromatic carbocycles. The topological polar surface area (TPSA) is 9.23 Å². The van der Waals surface area contributed by atoms with Gasteiger partial charge in [-0.1, -0.05) is 48.0 Å². The summed E-state index contributed by atoms with van der Waals surface area (Å²) in [7, 11) is 0. The fourth-order valence-corrected chi connectivity index (χ4v) is 1.43. The van der Waals surface area contributed by atoms with Crippen LogP contribution in [0.5, 0.6) is 5.75 Å². The van der Waals surface area contributed by atoms with Gasteiger partial charge in [-0.3, -0.25) is 0 Å². The molecule has 1 nitrogen and oxygen atoms in total. The maximum absolute atomic E-state index is 5.59. The van der Waals surface area contributed by atoms with Crippen molar-refractivity contribution in [2.24, 2.45) is 0 Å². The molecule has 0 N–H and O–H groups in total. The van der Waals surface area contributed by atoms with Gasteiger partial charge >= 0.3 is 0 Å². The van der Waals surface area contributed by atoms with Gasteiger partial charge < -0.3 is 4.74 Å². The maximum atomic E-state index is 5.59. The summed E-state index contributed by atoms with van der Waals surface area (Å²) in [5.41, 5.74) is 2.44. The van der Waals surface area contributed by atoms with E-state index in [0.29, 0.717) is 6.61 Å². The number of aryl methyl sites for hydroxylation is 1. The van der Waals surface area contributed by atoms with Crippen LogP contribution in [0.25, 0.3) is 0 Å². The van der Waals surface area contributed by atoms with Gasteiger partial charge in [0.1, 0.15) is 12.4 Å². The molecule has 0 aromatic heterocycles. The van der Waals surface area contributed by atoms with Gasteiger partial charge in [0, 0.05) is 6.07 Å². The second-order valence-corrected chi connectivity index (χ2v) is 3.50. The van der Waals surface area contributed by atoms with Crippen LogP contribution in [0, 0.1) is 13.0 Å². The molecule has 0 saturated carbocycles. The molecule has 0 aliphatic carbocycles. The molecule has 75 valence electrons. The molecule has 0 fully saturated rings. The summed E-state index contributed by atoms with van der Waals surface area (Å²) in [5.74, 6) is 0.791. The summed E-state index contributed by atoms with van der Waals surface area (Å²) in [6, 6.07) is 19.0. The van der Waals surface area contributed by atoms with Crippen molar-refractivity contribution < 1.29 is 4.74 Å². The second-order valence-electron chi connectivity index (χ2n) is 3.50. The first-order valence-electron chi connectivity index (χ1n) is 5.00. The summed E-state index contributed by atoms with van der Waals surface area (Å²) in [6.07, 6.45) is 0. The van der Waals surface area contributed by atoms with E-state index in [-0.39, 0.29) is 0 Å². The minimum absolute atomic E-state index is 0.599. The van der Waals surface area contributed by atoms with Crippen LogP contribution in [0.4, 0.5) is 0 Å². The van der Waals surface area contributed by atoms with E-state index in [0.717, 1.165) is 5.75 Å². The lowest BCUT2D eigenvalue weighted by Crippen LogP contribution is -1.95. The van der Waals surface area contributed by atoms with Crippen LogP contribution in [0.1, 0.15) is 11.1 Å². The zero-order chi connectivity index (χ0) is 10.5. The highest BCUT2D eigenvalue weighted by Crippen LogP contribution is 2.11. The summed E-state index contributed by atoms with van der Waals surface area (Å²) >= 11 is 0. The van der Waals surface area contributed by atoms with Crippen LogP contribution in [-0.4, -0.2) is 0 Å². The molecular weight excluding hydrogens is 184 g/mol. The molecule has 0 unspecified atom stereocenters. The van der Waals surface area contributed by atoms with Gasteiger partial charge in [0.15, 0.2) is 0 Å². The zero-order valence-corrected chi connectivity index (χ0v) is 8.73. The fourth-order valence-electron chi connectivity index (χ4n) is 1.43. The standard InChI is InChI=1S/C14H13O/c1-12-6-5-7-13(10-12)11-15-14-8-3-2-4-9-14/h2-8,10H,11H2,1H3. The smallest absolute Gasteiger partial charge is 0.127 e. The molecule has 2 rings (SSSR count). The van der Waals surface area contributed by atoms with Crippen molar-refractivity contribution in [3.63, 3.8) is 0 Å². The monoisotopic (exact) mass is 197 g/mol. The van der Waals surface area contributed by atoms with Crippen LogP contribution < -0.4 is 4.74 Å². The molecule has 0 aliphatic heterocycles. The Kier molecular flexibility index (Phi) is 3.03. The average Bonchev–Trinajstić information content (AvgIpc) is 2.28. The number of benzene rings is 2. The van der Waals surface area contributed by atoms with Crippen LogP contribution in [0.2, 0.25) is 0 Å². The Morgan fingerprint density at radius 1 is 1.13 bits per heavy atom. The van der Waals surface area contributed by atoms with E-state index in [1.54, 1.807) is 0 Å². The fraction of sp³-hybridized carbons (Fsp3) is 0.143. The van der Waals surface area contributed by atoms with Crippen molar-refractivity contribution >= 4 is 0 Å². The Morgan fingerprint density at radius 3 is 2.80 bits per heavy atom. The molecule has 0 aliphatic rings. The highest BCUT2D eigenvalue weighted by atomic mass is 16.5. The summed E-state index contributed by atoms with van der Waals surface area (Å²) in [4.78, 5) is 0. The third kappa shape index (κ3) is 2.84. The average molecular weight is 197 g/mol. The molecule has 0 atom stereocenters. The Morgan fingerprint density at radius 2 is 2.07 bits per heavy atom. The molecule has 0 bridgehead atoms. The van der Waals surface area contributed by atoms with E-state index in [1.165, 1.54) is 11.1 Å². The van der Waals surface area contributed by atoms with E-state index in [9.17, 15) is 0 Å². The molecule has 0 amide bonds. The minimum atomic E-state index is 0.599. The van der Waals surface area contributed by atoms with E-state index in [1.807, 2.05) is 30.3 Å². The maximum Gasteiger partial charge on any atom is 0.127 e. The second kappa shape index (κ2) is 4.65. The molecule has 2 aromatic rings. The van der Waals surface area contributed by atoms with Crippen molar-refractivity contribution in [1.82, 2.24) is 0 Å². The molecule has 1 radical (unpaired) electrons. The lowest BCUT2D eigenvalue weighted by molar-refractivity contribution is 0.305. The van der Waals surface area contributed by atoms with Crippen molar-refractivity contribution in [2.75, 3.05) is 0 Å². The lowest BCUT2D eigenvalue weighted by Gasteiger charge is -2.05. The summed E-state index contributed by atoms with van der Waals surface area (Å²) < 4.78 is 5.59. The Balaban J connectivity index is 1.99. The van der Waals surface area contributed by atoms with Crippen LogP contribution >= 0.6 is 0 Å². The van der Waals surface area contributed by atoms with Crippen molar-refractivity contribution in [3.05, 3.63) is 65.7 Å².